The van der Waals surface area contributed by atoms with E-state index in [1.807, 2.05) is 0 Å². The SMILES string of the molecule is Cc1ncoc1C(=O)NCCCI. The molecule has 0 aliphatic rings. The molecule has 1 amide bonds. The number of nitrogens with zero attached hydrogens (tertiary/aromatic N) is 1. The van der Waals surface area contributed by atoms with Crippen molar-refractivity contribution in [2.45, 2.75) is 13.3 Å². The molecule has 1 aromatic heterocycles. The normalized spacial score (nSPS) is 10.0. The predicted octanol–water partition coefficient (Wildman–Crippen LogP) is 1.54. The summed E-state index contributed by atoms with van der Waals surface area (Å²) >= 11 is 2.27. The van der Waals surface area contributed by atoms with E-state index in [2.05, 4.69) is 32.9 Å². The van der Waals surface area contributed by atoms with Gasteiger partial charge in [-0.1, -0.05) is 22.6 Å². The van der Waals surface area contributed by atoms with E-state index >= 15 is 0 Å². The summed E-state index contributed by atoms with van der Waals surface area (Å²) in [6.45, 7) is 2.43. The highest BCUT2D eigenvalue weighted by Gasteiger charge is 2.12. The first kappa shape index (κ1) is 10.5. The highest BCUT2D eigenvalue weighted by atomic mass is 127. The summed E-state index contributed by atoms with van der Waals surface area (Å²) in [6, 6.07) is 0. The lowest BCUT2D eigenvalue weighted by molar-refractivity contribution is 0.0925. The molecule has 0 spiro atoms. The Labute approximate surface area is 90.2 Å². The molecule has 1 N–H and O–H groups in total. The molecule has 1 heterocycles. The average Bonchev–Trinajstić information content (AvgIpc) is 2.52. The fourth-order valence-electron chi connectivity index (χ4n) is 0.869. The van der Waals surface area contributed by atoms with E-state index in [1.165, 1.54) is 6.39 Å². The van der Waals surface area contributed by atoms with Crippen LogP contribution in [0.5, 0.6) is 0 Å². The number of aryl methyl sites for hydroxylation is 1. The number of alkyl halides is 1. The molecule has 0 aliphatic carbocycles. The third-order valence-corrected chi connectivity index (χ3v) is 2.31. The Morgan fingerprint density at radius 3 is 3.08 bits per heavy atom. The lowest BCUT2D eigenvalue weighted by Crippen LogP contribution is -2.24. The van der Waals surface area contributed by atoms with Gasteiger partial charge in [0, 0.05) is 11.0 Å². The Kier molecular flexibility index (Phi) is 4.20. The monoisotopic (exact) mass is 294 g/mol. The Hall–Kier alpha value is -0.590. The van der Waals surface area contributed by atoms with Crippen molar-refractivity contribution in [2.75, 3.05) is 11.0 Å². The first-order valence-electron chi connectivity index (χ1n) is 4.00. The third-order valence-electron chi connectivity index (χ3n) is 1.55. The summed E-state index contributed by atoms with van der Waals surface area (Å²) < 4.78 is 5.97. The van der Waals surface area contributed by atoms with Crippen molar-refractivity contribution in [1.29, 1.82) is 0 Å². The summed E-state index contributed by atoms with van der Waals surface area (Å²) in [6.07, 6.45) is 2.25. The largest absolute Gasteiger partial charge is 0.438 e. The number of nitrogens with one attached hydrogen (secondary N) is 1. The van der Waals surface area contributed by atoms with Crippen LogP contribution in [0, 0.1) is 6.92 Å². The van der Waals surface area contributed by atoms with Crippen molar-refractivity contribution < 1.29 is 9.21 Å². The number of oxazole rings is 1. The summed E-state index contributed by atoms with van der Waals surface area (Å²) in [5, 5.41) is 2.75. The second-order valence-electron chi connectivity index (χ2n) is 2.57. The van der Waals surface area contributed by atoms with Gasteiger partial charge in [0.15, 0.2) is 6.39 Å². The fourth-order valence-corrected chi connectivity index (χ4v) is 1.25. The van der Waals surface area contributed by atoms with Crippen molar-refractivity contribution in [3.63, 3.8) is 0 Å². The van der Waals surface area contributed by atoms with Gasteiger partial charge in [-0.25, -0.2) is 4.98 Å². The van der Waals surface area contributed by atoms with Crippen LogP contribution in [0.4, 0.5) is 0 Å². The molecule has 0 saturated heterocycles. The maximum absolute atomic E-state index is 11.4. The number of amides is 1. The summed E-state index contributed by atoms with van der Waals surface area (Å²) in [4.78, 5) is 15.2. The molecule has 13 heavy (non-hydrogen) atoms. The molecule has 5 heteroatoms. The topological polar surface area (TPSA) is 55.1 Å². The molecular formula is C8H11IN2O2. The molecule has 1 rings (SSSR count). The summed E-state index contributed by atoms with van der Waals surface area (Å²) in [7, 11) is 0. The Morgan fingerprint density at radius 2 is 2.54 bits per heavy atom. The van der Waals surface area contributed by atoms with E-state index in [4.69, 9.17) is 4.42 Å². The van der Waals surface area contributed by atoms with Crippen molar-refractivity contribution >= 4 is 28.5 Å². The molecule has 0 unspecified atom stereocenters. The van der Waals surface area contributed by atoms with E-state index in [-0.39, 0.29) is 5.91 Å². The minimum atomic E-state index is -0.181. The molecule has 0 radical (unpaired) electrons. The van der Waals surface area contributed by atoms with Crippen LogP contribution in [0.3, 0.4) is 0 Å². The van der Waals surface area contributed by atoms with E-state index in [9.17, 15) is 4.79 Å². The number of carbonyl (C=O) groups excluding carboxylic acids is 1. The molecule has 0 bridgehead atoms. The lowest BCUT2D eigenvalue weighted by Gasteiger charge is -2.00. The maximum atomic E-state index is 11.4. The van der Waals surface area contributed by atoms with Gasteiger partial charge in [0.25, 0.3) is 5.91 Å². The van der Waals surface area contributed by atoms with Gasteiger partial charge in [0.1, 0.15) is 0 Å². The van der Waals surface area contributed by atoms with Gasteiger partial charge in [0.2, 0.25) is 5.76 Å². The first-order valence-corrected chi connectivity index (χ1v) is 5.52. The smallest absolute Gasteiger partial charge is 0.288 e. The van der Waals surface area contributed by atoms with Gasteiger partial charge >= 0.3 is 0 Å². The van der Waals surface area contributed by atoms with Crippen LogP contribution < -0.4 is 5.32 Å². The van der Waals surface area contributed by atoms with Crippen LogP contribution >= 0.6 is 22.6 Å². The standard InChI is InChI=1S/C8H11IN2O2/c1-6-7(13-5-11-6)8(12)10-4-2-3-9/h5H,2-4H2,1H3,(H,10,12). The zero-order valence-electron chi connectivity index (χ0n) is 7.34. The molecule has 0 fully saturated rings. The Bertz CT molecular complexity index is 285. The molecular weight excluding hydrogens is 283 g/mol. The highest BCUT2D eigenvalue weighted by molar-refractivity contribution is 14.1. The Morgan fingerprint density at radius 1 is 1.77 bits per heavy atom. The second kappa shape index (κ2) is 5.21. The summed E-state index contributed by atoms with van der Waals surface area (Å²) in [5.74, 6) is 0.133. The maximum Gasteiger partial charge on any atom is 0.288 e. The van der Waals surface area contributed by atoms with Crippen LogP contribution in [0.15, 0.2) is 10.8 Å². The van der Waals surface area contributed by atoms with Crippen LogP contribution in [0.25, 0.3) is 0 Å². The van der Waals surface area contributed by atoms with Crippen LogP contribution in [-0.4, -0.2) is 21.9 Å². The van der Waals surface area contributed by atoms with Gasteiger partial charge in [-0.15, -0.1) is 0 Å². The number of rotatable bonds is 4. The zero-order valence-corrected chi connectivity index (χ0v) is 9.50. The van der Waals surface area contributed by atoms with Crippen LogP contribution in [0.1, 0.15) is 22.7 Å². The van der Waals surface area contributed by atoms with Crippen molar-refractivity contribution in [2.24, 2.45) is 0 Å². The Balaban J connectivity index is 2.45. The fraction of sp³-hybridized carbons (Fsp3) is 0.500. The number of halogens is 1. The average molecular weight is 294 g/mol. The van der Waals surface area contributed by atoms with Crippen molar-refractivity contribution in [1.82, 2.24) is 10.3 Å². The first-order chi connectivity index (χ1) is 6.25. The van der Waals surface area contributed by atoms with Gasteiger partial charge in [0.05, 0.1) is 5.69 Å². The quantitative estimate of drug-likeness (QED) is 0.520. The van der Waals surface area contributed by atoms with Crippen molar-refractivity contribution in [3.8, 4) is 0 Å². The van der Waals surface area contributed by atoms with Crippen LogP contribution in [-0.2, 0) is 0 Å². The molecule has 0 atom stereocenters. The molecule has 1 aromatic rings. The molecule has 72 valence electrons. The number of hydrogen-bond donors (Lipinski definition) is 1. The van der Waals surface area contributed by atoms with Crippen molar-refractivity contribution in [3.05, 3.63) is 17.8 Å². The van der Waals surface area contributed by atoms with Gasteiger partial charge in [-0.05, 0) is 13.3 Å². The van der Waals surface area contributed by atoms with E-state index in [0.717, 1.165) is 10.8 Å². The van der Waals surface area contributed by atoms with E-state index < -0.39 is 0 Å². The van der Waals surface area contributed by atoms with Crippen LogP contribution in [0.2, 0.25) is 0 Å². The minimum absolute atomic E-state index is 0.181. The molecule has 0 aliphatic heterocycles. The number of carbonyl (C=O) groups is 1. The van der Waals surface area contributed by atoms with Gasteiger partial charge in [-0.2, -0.15) is 0 Å². The van der Waals surface area contributed by atoms with E-state index in [0.29, 0.717) is 18.0 Å². The van der Waals surface area contributed by atoms with E-state index in [1.54, 1.807) is 6.92 Å². The second-order valence-corrected chi connectivity index (χ2v) is 3.64. The lowest BCUT2D eigenvalue weighted by atomic mass is 10.3. The molecule has 0 aromatic carbocycles. The third kappa shape index (κ3) is 2.98. The summed E-state index contributed by atoms with van der Waals surface area (Å²) in [5.41, 5.74) is 0.631. The highest BCUT2D eigenvalue weighted by Crippen LogP contribution is 2.03. The number of aromatic nitrogens is 1. The predicted molar refractivity (Wildman–Crippen MR) is 57.1 cm³/mol. The minimum Gasteiger partial charge on any atom is -0.438 e. The van der Waals surface area contributed by atoms with Gasteiger partial charge in [-0.3, -0.25) is 4.79 Å². The number of hydrogen-bond acceptors (Lipinski definition) is 3. The zero-order chi connectivity index (χ0) is 9.68. The van der Waals surface area contributed by atoms with Gasteiger partial charge < -0.3 is 9.73 Å². The molecule has 0 saturated carbocycles. The molecule has 4 nitrogen and oxygen atoms in total.